The summed E-state index contributed by atoms with van der Waals surface area (Å²) in [6.07, 6.45) is 2.40. The molecule has 14 heavy (non-hydrogen) atoms. The summed E-state index contributed by atoms with van der Waals surface area (Å²) in [5.41, 5.74) is 6.42. The molecule has 3 nitrogen and oxygen atoms in total. The van der Waals surface area contributed by atoms with Crippen LogP contribution in [0.15, 0.2) is 18.2 Å². The van der Waals surface area contributed by atoms with Gasteiger partial charge in [-0.3, -0.25) is 5.84 Å². The number of fused-ring (bicyclic) bond motifs is 1. The molecule has 3 N–H and O–H groups in total. The second kappa shape index (κ2) is 4.53. The maximum atomic E-state index is 5.46. The molecule has 1 aliphatic rings. The normalized spacial score (nSPS) is 14.3. The monoisotopic (exact) mass is 213 g/mol. The predicted octanol–water partition coefficient (Wildman–Crippen LogP) is 1.78. The first-order chi connectivity index (χ1) is 6.33. The van der Waals surface area contributed by atoms with Gasteiger partial charge < -0.3 is 10.3 Å². The zero-order valence-corrected chi connectivity index (χ0v) is 9.10. The van der Waals surface area contributed by atoms with Crippen molar-refractivity contribution in [3.05, 3.63) is 23.8 Å². The average Bonchev–Trinajstić information content (AvgIpc) is 2.17. The Morgan fingerprint density at radius 1 is 1.43 bits per heavy atom. The molecule has 2 rings (SSSR count). The lowest BCUT2D eigenvalue weighted by Crippen LogP contribution is -2.26. The molecule has 0 bridgehead atoms. The Morgan fingerprint density at radius 2 is 2.21 bits per heavy atom. The van der Waals surface area contributed by atoms with E-state index in [9.17, 15) is 0 Å². The summed E-state index contributed by atoms with van der Waals surface area (Å²) < 4.78 is 0. The van der Waals surface area contributed by atoms with Crippen LogP contribution in [0.25, 0.3) is 0 Å². The zero-order valence-electron chi connectivity index (χ0n) is 8.29. The summed E-state index contributed by atoms with van der Waals surface area (Å²) >= 11 is 0. The van der Waals surface area contributed by atoms with Crippen molar-refractivity contribution in [3.63, 3.8) is 0 Å². The van der Waals surface area contributed by atoms with Crippen molar-refractivity contribution in [3.8, 4) is 0 Å². The minimum Gasteiger partial charge on any atom is -0.373 e. The van der Waals surface area contributed by atoms with E-state index in [1.54, 1.807) is 0 Å². The van der Waals surface area contributed by atoms with Crippen molar-refractivity contribution in [1.82, 2.24) is 0 Å². The molecule has 0 saturated heterocycles. The quantitative estimate of drug-likeness (QED) is 0.552. The number of rotatable bonds is 1. The molecule has 0 aromatic heterocycles. The maximum Gasteiger partial charge on any atom is 0.0722 e. The van der Waals surface area contributed by atoms with Gasteiger partial charge in [-0.2, -0.15) is 0 Å². The van der Waals surface area contributed by atoms with Crippen LogP contribution in [0.4, 0.5) is 11.4 Å². The smallest absolute Gasteiger partial charge is 0.0722 e. The van der Waals surface area contributed by atoms with Crippen LogP contribution in [-0.2, 0) is 6.42 Å². The molecule has 1 heterocycles. The number of nitrogen functional groups attached to an aromatic ring is 1. The third-order valence-electron chi connectivity index (χ3n) is 2.60. The topological polar surface area (TPSA) is 41.3 Å². The van der Waals surface area contributed by atoms with Gasteiger partial charge in [0, 0.05) is 13.6 Å². The van der Waals surface area contributed by atoms with E-state index in [1.165, 1.54) is 17.7 Å². The van der Waals surface area contributed by atoms with Crippen molar-refractivity contribution in [2.75, 3.05) is 23.9 Å². The van der Waals surface area contributed by atoms with Gasteiger partial charge in [0.05, 0.1) is 11.4 Å². The second-order valence-electron chi connectivity index (χ2n) is 3.48. The molecule has 78 valence electrons. The van der Waals surface area contributed by atoms with Crippen LogP contribution in [-0.4, -0.2) is 13.6 Å². The van der Waals surface area contributed by atoms with Crippen LogP contribution < -0.4 is 16.2 Å². The van der Waals surface area contributed by atoms with Gasteiger partial charge in [-0.25, -0.2) is 0 Å². The van der Waals surface area contributed by atoms with E-state index in [2.05, 4.69) is 23.4 Å². The average molecular weight is 214 g/mol. The van der Waals surface area contributed by atoms with E-state index in [0.717, 1.165) is 18.7 Å². The van der Waals surface area contributed by atoms with Crippen molar-refractivity contribution < 1.29 is 0 Å². The van der Waals surface area contributed by atoms with Crippen molar-refractivity contribution >= 4 is 23.8 Å². The fourth-order valence-electron chi connectivity index (χ4n) is 1.98. The lowest BCUT2D eigenvalue weighted by Gasteiger charge is -2.29. The molecule has 0 aliphatic carbocycles. The molecule has 0 atom stereocenters. The Hall–Kier alpha value is -0.930. The third kappa shape index (κ3) is 1.79. The summed E-state index contributed by atoms with van der Waals surface area (Å²) in [5.74, 6) is 5.46. The van der Waals surface area contributed by atoms with Gasteiger partial charge in [-0.05, 0) is 24.5 Å². The van der Waals surface area contributed by atoms with E-state index in [1.807, 2.05) is 12.1 Å². The minimum absolute atomic E-state index is 0. The lowest BCUT2D eigenvalue weighted by molar-refractivity contribution is 0.745. The number of hydrazine groups is 1. The standard InChI is InChI=1S/C10H15N3.ClH/c1-13-7-3-5-8-4-2-6-9(12-11)10(8)13;/h2,4,6,12H,3,5,7,11H2,1H3;1H. The van der Waals surface area contributed by atoms with E-state index in [-0.39, 0.29) is 12.4 Å². The minimum atomic E-state index is 0. The lowest BCUT2D eigenvalue weighted by atomic mass is 10.0. The summed E-state index contributed by atoms with van der Waals surface area (Å²) in [6, 6.07) is 6.24. The molecule has 0 unspecified atom stereocenters. The number of nitrogens with one attached hydrogen (secondary N) is 1. The number of halogens is 1. The molecule has 1 aromatic carbocycles. The Balaban J connectivity index is 0.000000980. The first-order valence-corrected chi connectivity index (χ1v) is 4.62. The number of nitrogens with zero attached hydrogens (tertiary/aromatic N) is 1. The van der Waals surface area contributed by atoms with Crippen LogP contribution in [0.5, 0.6) is 0 Å². The summed E-state index contributed by atoms with van der Waals surface area (Å²) in [5, 5.41) is 0. The number of para-hydroxylation sites is 1. The first kappa shape index (κ1) is 11.1. The largest absolute Gasteiger partial charge is 0.373 e. The number of anilines is 2. The van der Waals surface area contributed by atoms with Gasteiger partial charge in [0.25, 0.3) is 0 Å². The zero-order chi connectivity index (χ0) is 9.26. The number of hydrogen-bond acceptors (Lipinski definition) is 3. The Bertz CT molecular complexity index is 300. The molecular weight excluding hydrogens is 198 g/mol. The van der Waals surface area contributed by atoms with Gasteiger partial charge in [0.15, 0.2) is 0 Å². The van der Waals surface area contributed by atoms with Crippen molar-refractivity contribution in [2.45, 2.75) is 12.8 Å². The van der Waals surface area contributed by atoms with E-state index < -0.39 is 0 Å². The molecule has 1 aliphatic heterocycles. The summed E-state index contributed by atoms with van der Waals surface area (Å²) in [6.45, 7) is 1.12. The molecule has 0 amide bonds. The third-order valence-corrected chi connectivity index (χ3v) is 2.60. The Kier molecular flexibility index (Phi) is 3.61. The molecule has 0 radical (unpaired) electrons. The van der Waals surface area contributed by atoms with E-state index in [4.69, 9.17) is 5.84 Å². The highest BCUT2D eigenvalue weighted by Crippen LogP contribution is 2.32. The van der Waals surface area contributed by atoms with Crippen LogP contribution in [0.3, 0.4) is 0 Å². The highest BCUT2D eigenvalue weighted by atomic mass is 35.5. The number of aryl methyl sites for hydroxylation is 1. The maximum absolute atomic E-state index is 5.46. The Labute approximate surface area is 90.7 Å². The van der Waals surface area contributed by atoms with Crippen molar-refractivity contribution in [2.24, 2.45) is 5.84 Å². The van der Waals surface area contributed by atoms with Gasteiger partial charge in [0.2, 0.25) is 0 Å². The fourth-order valence-corrected chi connectivity index (χ4v) is 1.98. The molecule has 4 heteroatoms. The number of benzene rings is 1. The molecule has 0 saturated carbocycles. The number of hydrogen-bond donors (Lipinski definition) is 2. The predicted molar refractivity (Wildman–Crippen MR) is 63.1 cm³/mol. The SMILES string of the molecule is CN1CCCc2cccc(NN)c21.Cl. The summed E-state index contributed by atoms with van der Waals surface area (Å²) in [7, 11) is 2.11. The van der Waals surface area contributed by atoms with Crippen LogP contribution >= 0.6 is 12.4 Å². The van der Waals surface area contributed by atoms with Crippen LogP contribution in [0, 0.1) is 0 Å². The highest BCUT2D eigenvalue weighted by molar-refractivity contribution is 5.85. The summed E-state index contributed by atoms with van der Waals surface area (Å²) in [4.78, 5) is 2.26. The first-order valence-electron chi connectivity index (χ1n) is 4.62. The van der Waals surface area contributed by atoms with Crippen molar-refractivity contribution in [1.29, 1.82) is 0 Å². The Morgan fingerprint density at radius 3 is 2.93 bits per heavy atom. The van der Waals surface area contributed by atoms with Gasteiger partial charge in [-0.1, -0.05) is 12.1 Å². The van der Waals surface area contributed by atoms with E-state index >= 15 is 0 Å². The molecule has 1 aromatic rings. The fraction of sp³-hybridized carbons (Fsp3) is 0.400. The number of nitrogens with two attached hydrogens (primary N) is 1. The van der Waals surface area contributed by atoms with Gasteiger partial charge in [-0.15, -0.1) is 12.4 Å². The highest BCUT2D eigenvalue weighted by Gasteiger charge is 2.16. The van der Waals surface area contributed by atoms with Crippen LogP contribution in [0.2, 0.25) is 0 Å². The van der Waals surface area contributed by atoms with Gasteiger partial charge in [0.1, 0.15) is 0 Å². The molecule has 0 fully saturated rings. The molecular formula is C10H16ClN3. The second-order valence-corrected chi connectivity index (χ2v) is 3.48. The van der Waals surface area contributed by atoms with Gasteiger partial charge >= 0.3 is 0 Å². The molecule has 0 spiro atoms. The van der Waals surface area contributed by atoms with Crippen LogP contribution in [0.1, 0.15) is 12.0 Å². The van der Waals surface area contributed by atoms with E-state index in [0.29, 0.717) is 0 Å².